The van der Waals surface area contributed by atoms with E-state index in [4.69, 9.17) is 4.74 Å². The van der Waals surface area contributed by atoms with Crippen LogP contribution in [0.3, 0.4) is 0 Å². The van der Waals surface area contributed by atoms with Crippen LogP contribution < -0.4 is 4.74 Å². The van der Waals surface area contributed by atoms with E-state index in [1.807, 2.05) is 43.9 Å². The summed E-state index contributed by atoms with van der Waals surface area (Å²) >= 11 is 0. The van der Waals surface area contributed by atoms with Gasteiger partial charge in [-0.15, -0.1) is 5.10 Å². The molecule has 0 atom stereocenters. The van der Waals surface area contributed by atoms with Crippen LogP contribution in [0.1, 0.15) is 23.4 Å². The zero-order valence-corrected chi connectivity index (χ0v) is 13.7. The number of benzene rings is 1. The summed E-state index contributed by atoms with van der Waals surface area (Å²) in [6, 6.07) is 6.10. The van der Waals surface area contributed by atoms with E-state index in [1.165, 1.54) is 0 Å². The lowest BCUT2D eigenvalue weighted by Gasteiger charge is -2.39. The van der Waals surface area contributed by atoms with Crippen molar-refractivity contribution in [1.29, 1.82) is 0 Å². The summed E-state index contributed by atoms with van der Waals surface area (Å²) in [7, 11) is 0. The van der Waals surface area contributed by atoms with Crippen LogP contribution in [0.2, 0.25) is 0 Å². The van der Waals surface area contributed by atoms with Crippen molar-refractivity contribution in [3.05, 3.63) is 35.2 Å². The number of tetrazole rings is 1. The van der Waals surface area contributed by atoms with Gasteiger partial charge >= 0.3 is 0 Å². The highest BCUT2D eigenvalue weighted by Crippen LogP contribution is 2.26. The summed E-state index contributed by atoms with van der Waals surface area (Å²) in [5.74, 6) is 1.77. The average Bonchev–Trinajstić information content (AvgIpc) is 2.88. The van der Waals surface area contributed by atoms with E-state index in [-0.39, 0.29) is 12.0 Å². The minimum Gasteiger partial charge on any atom is -0.486 e. The van der Waals surface area contributed by atoms with E-state index < -0.39 is 0 Å². The van der Waals surface area contributed by atoms with Gasteiger partial charge in [0, 0.05) is 6.42 Å². The first-order chi connectivity index (χ1) is 11.0. The molecule has 2 heterocycles. The van der Waals surface area contributed by atoms with Gasteiger partial charge in [0.2, 0.25) is 5.91 Å². The molecule has 0 unspecified atom stereocenters. The molecule has 23 heavy (non-hydrogen) atoms. The van der Waals surface area contributed by atoms with Gasteiger partial charge in [0.25, 0.3) is 0 Å². The Kier molecular flexibility index (Phi) is 4.27. The van der Waals surface area contributed by atoms with Crippen molar-refractivity contribution in [2.45, 2.75) is 39.8 Å². The minimum absolute atomic E-state index is 0.0773. The van der Waals surface area contributed by atoms with Crippen LogP contribution in [-0.4, -0.2) is 50.2 Å². The molecule has 1 amide bonds. The molecule has 0 N–H and O–H groups in total. The molecule has 122 valence electrons. The Hall–Kier alpha value is -2.44. The van der Waals surface area contributed by atoms with Crippen molar-refractivity contribution in [2.24, 2.45) is 0 Å². The van der Waals surface area contributed by atoms with Crippen molar-refractivity contribution in [1.82, 2.24) is 25.1 Å². The first-order valence-corrected chi connectivity index (χ1v) is 7.78. The maximum Gasteiger partial charge on any atom is 0.224 e. The molecule has 0 aliphatic carbocycles. The Bertz CT molecular complexity index is 686. The predicted molar refractivity (Wildman–Crippen MR) is 84.1 cm³/mol. The fourth-order valence-electron chi connectivity index (χ4n) is 2.68. The second-order valence-corrected chi connectivity index (χ2v) is 5.96. The molecule has 0 spiro atoms. The number of aromatic nitrogens is 4. The Morgan fingerprint density at radius 3 is 2.57 bits per heavy atom. The van der Waals surface area contributed by atoms with E-state index in [9.17, 15) is 4.79 Å². The lowest BCUT2D eigenvalue weighted by molar-refractivity contribution is -0.140. The number of amides is 1. The van der Waals surface area contributed by atoms with Crippen LogP contribution in [-0.2, 0) is 11.3 Å². The lowest BCUT2D eigenvalue weighted by atomic mass is 10.1. The summed E-state index contributed by atoms with van der Waals surface area (Å²) in [5, 5.41) is 11.2. The van der Waals surface area contributed by atoms with Crippen molar-refractivity contribution >= 4 is 5.91 Å². The molecule has 0 bridgehead atoms. The normalized spacial score (nSPS) is 14.7. The van der Waals surface area contributed by atoms with Crippen LogP contribution in [0.25, 0.3) is 0 Å². The molecule has 1 saturated heterocycles. The third kappa shape index (κ3) is 3.33. The molecule has 7 heteroatoms. The van der Waals surface area contributed by atoms with E-state index in [2.05, 4.69) is 15.5 Å². The fourth-order valence-corrected chi connectivity index (χ4v) is 2.68. The van der Waals surface area contributed by atoms with E-state index in [0.29, 0.717) is 26.1 Å². The van der Waals surface area contributed by atoms with E-state index >= 15 is 0 Å². The Balaban J connectivity index is 1.47. The zero-order chi connectivity index (χ0) is 16.4. The number of hydrogen-bond acceptors (Lipinski definition) is 5. The molecular formula is C16H21N5O2. The molecule has 7 nitrogen and oxygen atoms in total. The van der Waals surface area contributed by atoms with Crippen molar-refractivity contribution < 1.29 is 9.53 Å². The van der Waals surface area contributed by atoms with Gasteiger partial charge in [-0.05, 0) is 42.3 Å². The van der Waals surface area contributed by atoms with E-state index in [1.54, 1.807) is 4.68 Å². The van der Waals surface area contributed by atoms with Crippen molar-refractivity contribution in [3.8, 4) is 5.75 Å². The molecule has 1 aromatic carbocycles. The van der Waals surface area contributed by atoms with Gasteiger partial charge in [-0.2, -0.15) is 0 Å². The zero-order valence-electron chi connectivity index (χ0n) is 13.7. The molecule has 3 rings (SSSR count). The van der Waals surface area contributed by atoms with E-state index in [0.717, 1.165) is 22.7 Å². The Morgan fingerprint density at radius 1 is 1.26 bits per heavy atom. The van der Waals surface area contributed by atoms with Crippen LogP contribution >= 0.6 is 0 Å². The SMILES string of the molecule is Cc1cccc(C)c1OC1CN(C(=O)CCn2nnnc2C)C1. The van der Waals surface area contributed by atoms with Gasteiger partial charge in [-0.3, -0.25) is 4.79 Å². The number of carbonyl (C=O) groups is 1. The highest BCUT2D eigenvalue weighted by molar-refractivity contribution is 5.77. The predicted octanol–water partition coefficient (Wildman–Crippen LogP) is 1.28. The molecule has 0 radical (unpaired) electrons. The van der Waals surface area contributed by atoms with Crippen LogP contribution in [0.4, 0.5) is 0 Å². The number of ether oxygens (including phenoxy) is 1. The Morgan fingerprint density at radius 2 is 1.96 bits per heavy atom. The van der Waals surface area contributed by atoms with Gasteiger partial charge in [-0.25, -0.2) is 4.68 Å². The molecule has 1 aliphatic heterocycles. The average molecular weight is 315 g/mol. The highest BCUT2D eigenvalue weighted by atomic mass is 16.5. The fraction of sp³-hybridized carbons (Fsp3) is 0.500. The molecule has 1 aromatic heterocycles. The first kappa shape index (κ1) is 15.5. The summed E-state index contributed by atoms with van der Waals surface area (Å²) in [5.41, 5.74) is 2.26. The number of rotatable bonds is 5. The van der Waals surface area contributed by atoms with Gasteiger partial charge in [0.05, 0.1) is 19.6 Å². The maximum absolute atomic E-state index is 12.2. The summed E-state index contributed by atoms with van der Waals surface area (Å²) < 4.78 is 7.67. The summed E-state index contributed by atoms with van der Waals surface area (Å²) in [6.07, 6.45) is 0.482. The Labute approximate surface area is 135 Å². The molecular weight excluding hydrogens is 294 g/mol. The number of nitrogens with zero attached hydrogens (tertiary/aromatic N) is 5. The quantitative estimate of drug-likeness (QED) is 0.831. The largest absolute Gasteiger partial charge is 0.486 e. The van der Waals surface area contributed by atoms with Gasteiger partial charge < -0.3 is 9.64 Å². The smallest absolute Gasteiger partial charge is 0.224 e. The van der Waals surface area contributed by atoms with Gasteiger partial charge in [0.15, 0.2) is 0 Å². The molecule has 2 aromatic rings. The van der Waals surface area contributed by atoms with Crippen LogP contribution in [0.15, 0.2) is 18.2 Å². The van der Waals surface area contributed by atoms with Crippen LogP contribution in [0, 0.1) is 20.8 Å². The molecule has 0 saturated carbocycles. The van der Waals surface area contributed by atoms with Crippen molar-refractivity contribution in [2.75, 3.05) is 13.1 Å². The minimum atomic E-state index is 0.0773. The van der Waals surface area contributed by atoms with Crippen LogP contribution in [0.5, 0.6) is 5.75 Å². The summed E-state index contributed by atoms with van der Waals surface area (Å²) in [6.45, 7) is 7.69. The number of likely N-dealkylation sites (tertiary alicyclic amines) is 1. The third-order valence-electron chi connectivity index (χ3n) is 4.14. The standard InChI is InChI=1S/C16H21N5O2/c1-11-5-4-6-12(2)16(11)23-14-9-20(10-14)15(22)7-8-21-13(3)17-18-19-21/h4-6,14H,7-10H2,1-3H3. The molecule has 1 fully saturated rings. The second kappa shape index (κ2) is 6.36. The monoisotopic (exact) mass is 315 g/mol. The number of carbonyl (C=O) groups excluding carboxylic acids is 1. The van der Waals surface area contributed by atoms with Gasteiger partial charge in [0.1, 0.15) is 17.7 Å². The highest BCUT2D eigenvalue weighted by Gasteiger charge is 2.32. The number of aryl methyl sites for hydroxylation is 4. The lowest BCUT2D eigenvalue weighted by Crippen LogP contribution is -2.56. The number of hydrogen-bond donors (Lipinski definition) is 0. The maximum atomic E-state index is 12.2. The van der Waals surface area contributed by atoms with Gasteiger partial charge in [-0.1, -0.05) is 18.2 Å². The third-order valence-corrected chi connectivity index (χ3v) is 4.14. The summed E-state index contributed by atoms with van der Waals surface area (Å²) in [4.78, 5) is 14.0. The topological polar surface area (TPSA) is 73.1 Å². The first-order valence-electron chi connectivity index (χ1n) is 7.78. The molecule has 1 aliphatic rings. The van der Waals surface area contributed by atoms with Crippen molar-refractivity contribution in [3.63, 3.8) is 0 Å². The number of para-hydroxylation sites is 1. The second-order valence-electron chi connectivity index (χ2n) is 5.96.